The van der Waals surface area contributed by atoms with E-state index in [1.165, 1.54) is 10.9 Å². The summed E-state index contributed by atoms with van der Waals surface area (Å²) >= 11 is 0. The molecular weight excluding hydrogens is 332 g/mol. The Kier molecular flexibility index (Phi) is 6.03. The van der Waals surface area contributed by atoms with Crippen LogP contribution in [0.5, 0.6) is 0 Å². The molecule has 0 aliphatic heterocycles. The topological polar surface area (TPSA) is 76.4 Å². The zero-order valence-electron chi connectivity index (χ0n) is 15.1. The molecule has 142 valence electrons. The maximum absolute atomic E-state index is 13.3. The first-order chi connectivity index (χ1) is 11.6. The molecule has 1 unspecified atom stereocenters. The monoisotopic (exact) mass is 359 g/mol. The molecule has 8 heteroatoms. The molecule has 0 spiro atoms. The molecule has 1 saturated carbocycles. The minimum atomic E-state index is -2.79. The number of hydrogen-bond donors (Lipinski definition) is 2. The van der Waals surface area contributed by atoms with E-state index in [1.54, 1.807) is 27.7 Å². The number of alkyl halides is 2. The fourth-order valence-electron chi connectivity index (χ4n) is 3.11. The predicted octanol–water partition coefficient (Wildman–Crippen LogP) is 4.28. The van der Waals surface area contributed by atoms with Gasteiger partial charge in [0.15, 0.2) is 5.69 Å². The van der Waals surface area contributed by atoms with Crippen LogP contribution in [0.25, 0.3) is 0 Å². The lowest BCUT2D eigenvalue weighted by Crippen LogP contribution is -2.27. The van der Waals surface area contributed by atoms with Gasteiger partial charge in [0.05, 0.1) is 17.8 Å². The molecule has 25 heavy (non-hydrogen) atoms. The van der Waals surface area contributed by atoms with Crippen molar-refractivity contribution in [3.05, 3.63) is 11.9 Å². The lowest BCUT2D eigenvalue weighted by Gasteiger charge is -2.30. The van der Waals surface area contributed by atoms with Crippen molar-refractivity contribution in [2.75, 3.05) is 5.32 Å². The third-order valence-electron chi connectivity index (χ3n) is 4.40. The van der Waals surface area contributed by atoms with Crippen LogP contribution in [0, 0.1) is 5.92 Å². The van der Waals surface area contributed by atoms with Crippen LogP contribution in [0.2, 0.25) is 0 Å². The molecule has 1 aromatic heterocycles. The molecule has 0 saturated heterocycles. The molecule has 2 rings (SSSR count). The second kappa shape index (κ2) is 7.68. The van der Waals surface area contributed by atoms with Gasteiger partial charge in [-0.15, -0.1) is 0 Å². The molecular formula is C17H27F2N3O3. The molecule has 0 radical (unpaired) electrons. The first-order valence-electron chi connectivity index (χ1n) is 8.62. The summed E-state index contributed by atoms with van der Waals surface area (Å²) in [5.74, 6) is 0.237. The number of amides is 1. The molecule has 1 aromatic rings. The molecule has 1 amide bonds. The normalized spacial score (nSPS) is 22.7. The Balaban J connectivity index is 2.10. The summed E-state index contributed by atoms with van der Waals surface area (Å²) in [6.45, 7) is 6.87. The van der Waals surface area contributed by atoms with E-state index in [2.05, 4.69) is 10.4 Å². The van der Waals surface area contributed by atoms with Crippen molar-refractivity contribution in [3.63, 3.8) is 0 Å². The Morgan fingerprint density at radius 2 is 1.96 bits per heavy atom. The molecule has 0 aromatic carbocycles. The van der Waals surface area contributed by atoms with Crippen LogP contribution in [0.15, 0.2) is 6.20 Å². The van der Waals surface area contributed by atoms with Crippen molar-refractivity contribution in [1.29, 1.82) is 0 Å². The Labute approximate surface area is 146 Å². The second-order valence-electron chi connectivity index (χ2n) is 7.64. The summed E-state index contributed by atoms with van der Waals surface area (Å²) in [7, 11) is 0. The summed E-state index contributed by atoms with van der Waals surface area (Å²) in [6, 6.07) is -0.0123. The summed E-state index contributed by atoms with van der Waals surface area (Å²) in [6.07, 6.45) is 0.657. The fourth-order valence-corrected chi connectivity index (χ4v) is 3.11. The molecule has 2 N–H and O–H groups in total. The van der Waals surface area contributed by atoms with Gasteiger partial charge >= 0.3 is 6.09 Å². The van der Waals surface area contributed by atoms with Crippen molar-refractivity contribution in [2.45, 2.75) is 77.6 Å². The van der Waals surface area contributed by atoms with Crippen molar-refractivity contribution in [3.8, 4) is 0 Å². The largest absolute Gasteiger partial charge is 0.444 e. The summed E-state index contributed by atoms with van der Waals surface area (Å²) in [5.41, 5.74) is -1.20. The predicted molar refractivity (Wildman–Crippen MR) is 89.7 cm³/mol. The average molecular weight is 359 g/mol. The number of nitrogens with one attached hydrogen (secondary N) is 1. The van der Waals surface area contributed by atoms with E-state index in [1.807, 2.05) is 0 Å². The highest BCUT2D eigenvalue weighted by molar-refractivity contribution is 5.85. The number of aromatic nitrogens is 2. The number of ether oxygens (including phenoxy) is 1. The summed E-state index contributed by atoms with van der Waals surface area (Å²) in [5, 5.41) is 16.0. The number of rotatable bonds is 4. The van der Waals surface area contributed by atoms with E-state index in [9.17, 15) is 18.7 Å². The van der Waals surface area contributed by atoms with Crippen molar-refractivity contribution >= 4 is 11.8 Å². The molecule has 6 nitrogen and oxygen atoms in total. The van der Waals surface area contributed by atoms with Crippen LogP contribution in [0.4, 0.5) is 19.3 Å². The molecule has 1 fully saturated rings. The van der Waals surface area contributed by atoms with Gasteiger partial charge in [-0.25, -0.2) is 13.6 Å². The van der Waals surface area contributed by atoms with E-state index in [-0.39, 0.29) is 23.8 Å². The van der Waals surface area contributed by atoms with Crippen molar-refractivity contribution in [2.24, 2.45) is 5.92 Å². The van der Waals surface area contributed by atoms with E-state index in [4.69, 9.17) is 4.74 Å². The number of carbonyl (C=O) groups is 1. The average Bonchev–Trinajstić information content (AvgIpc) is 2.89. The summed E-state index contributed by atoms with van der Waals surface area (Å²) < 4.78 is 33.1. The molecule has 1 aliphatic carbocycles. The zero-order valence-corrected chi connectivity index (χ0v) is 15.1. The number of carbonyl (C=O) groups excluding carboxylic acids is 1. The SMILES string of the molecule is CC(O)C1CCC(n2cc(NC(=O)OC(C)(C)C)c(C(F)F)n2)CC1. The lowest BCUT2D eigenvalue weighted by molar-refractivity contribution is 0.0635. The number of anilines is 1. The highest BCUT2D eigenvalue weighted by Crippen LogP contribution is 2.35. The van der Waals surface area contributed by atoms with E-state index >= 15 is 0 Å². The molecule has 1 aliphatic rings. The number of hydrogen-bond acceptors (Lipinski definition) is 4. The van der Waals surface area contributed by atoms with Gasteiger partial charge in [0.1, 0.15) is 5.60 Å². The molecule has 1 heterocycles. The van der Waals surface area contributed by atoms with E-state index in [0.29, 0.717) is 0 Å². The zero-order chi connectivity index (χ0) is 18.8. The van der Waals surface area contributed by atoms with Gasteiger partial charge in [-0.05, 0) is 59.3 Å². The van der Waals surface area contributed by atoms with Gasteiger partial charge in [-0.2, -0.15) is 5.10 Å². The quantitative estimate of drug-likeness (QED) is 0.841. The number of aliphatic hydroxyl groups is 1. The first kappa shape index (κ1) is 19.6. The molecule has 1 atom stereocenters. The minimum absolute atomic E-state index is 0.0123. The number of nitrogens with zero attached hydrogens (tertiary/aromatic N) is 2. The van der Waals surface area contributed by atoms with Gasteiger partial charge in [0.25, 0.3) is 6.43 Å². The van der Waals surface area contributed by atoms with Crippen LogP contribution >= 0.6 is 0 Å². The Morgan fingerprint density at radius 3 is 2.44 bits per heavy atom. The van der Waals surface area contributed by atoms with Crippen molar-refractivity contribution < 1.29 is 23.4 Å². The second-order valence-corrected chi connectivity index (χ2v) is 7.64. The maximum Gasteiger partial charge on any atom is 0.412 e. The van der Waals surface area contributed by atoms with Gasteiger partial charge in [-0.1, -0.05) is 0 Å². The van der Waals surface area contributed by atoms with E-state index in [0.717, 1.165) is 25.7 Å². The molecule has 0 bridgehead atoms. The van der Waals surface area contributed by atoms with Crippen LogP contribution in [-0.4, -0.2) is 32.7 Å². The highest BCUT2D eigenvalue weighted by atomic mass is 19.3. The van der Waals surface area contributed by atoms with Gasteiger partial charge in [0.2, 0.25) is 0 Å². The minimum Gasteiger partial charge on any atom is -0.444 e. The van der Waals surface area contributed by atoms with Crippen LogP contribution in [0.3, 0.4) is 0 Å². The smallest absolute Gasteiger partial charge is 0.412 e. The third kappa shape index (κ3) is 5.39. The Hall–Kier alpha value is -1.70. The Morgan fingerprint density at radius 1 is 1.36 bits per heavy atom. The Bertz CT molecular complexity index is 588. The van der Waals surface area contributed by atoms with Crippen LogP contribution < -0.4 is 5.32 Å². The van der Waals surface area contributed by atoms with Crippen molar-refractivity contribution in [1.82, 2.24) is 9.78 Å². The summed E-state index contributed by atoms with van der Waals surface area (Å²) in [4.78, 5) is 11.9. The third-order valence-corrected chi connectivity index (χ3v) is 4.40. The first-order valence-corrected chi connectivity index (χ1v) is 8.62. The number of aliphatic hydroxyl groups excluding tert-OH is 1. The van der Waals surface area contributed by atoms with Crippen LogP contribution in [0.1, 0.15) is 71.5 Å². The number of halogens is 2. The standard InChI is InChI=1S/C17H27F2N3O3/c1-10(23)11-5-7-12(8-6-11)22-9-13(14(21-22)15(18)19)20-16(24)25-17(2,3)4/h9-12,15,23H,5-8H2,1-4H3,(H,20,24). The van der Waals surface area contributed by atoms with Gasteiger partial charge in [0, 0.05) is 6.20 Å². The lowest BCUT2D eigenvalue weighted by atomic mass is 9.83. The van der Waals surface area contributed by atoms with Crippen LogP contribution in [-0.2, 0) is 4.74 Å². The van der Waals surface area contributed by atoms with E-state index < -0.39 is 23.8 Å². The fraction of sp³-hybridized carbons (Fsp3) is 0.765. The van der Waals surface area contributed by atoms with Gasteiger partial charge < -0.3 is 9.84 Å². The highest BCUT2D eigenvalue weighted by Gasteiger charge is 2.28. The van der Waals surface area contributed by atoms with Gasteiger partial charge in [-0.3, -0.25) is 10.00 Å². The maximum atomic E-state index is 13.3.